The monoisotopic (exact) mass is 396 g/mol. The molecule has 0 saturated carbocycles. The molecule has 2 unspecified atom stereocenters. The molecule has 2 atom stereocenters. The molecule has 28 heavy (non-hydrogen) atoms. The number of aliphatic hydroxyl groups is 1. The van der Waals surface area contributed by atoms with Crippen LogP contribution in [0.4, 0.5) is 10.2 Å². The maximum atomic E-state index is 14.5. The molecule has 3 aromatic rings. The molecule has 2 heterocycles. The minimum absolute atomic E-state index is 0.133. The Labute approximate surface area is 167 Å². The lowest BCUT2D eigenvalue weighted by Gasteiger charge is -2.25. The number of rotatable bonds is 5. The van der Waals surface area contributed by atoms with Crippen molar-refractivity contribution in [2.45, 2.75) is 18.6 Å². The molecule has 2 N–H and O–H groups in total. The molecular formula is C22H18ClFN2O2. The summed E-state index contributed by atoms with van der Waals surface area (Å²) in [6.07, 6.45) is 4.36. The van der Waals surface area contributed by atoms with E-state index >= 15 is 0 Å². The quantitative estimate of drug-likeness (QED) is 0.621. The fraction of sp³-hybridized carbons (Fsp3) is 0.136. The lowest BCUT2D eigenvalue weighted by atomic mass is 9.88. The molecule has 0 fully saturated rings. The van der Waals surface area contributed by atoms with Crippen LogP contribution in [-0.2, 0) is 6.61 Å². The predicted octanol–water partition coefficient (Wildman–Crippen LogP) is 5.21. The zero-order valence-electron chi connectivity index (χ0n) is 14.8. The second-order valence-corrected chi connectivity index (χ2v) is 6.96. The zero-order valence-corrected chi connectivity index (χ0v) is 15.6. The van der Waals surface area contributed by atoms with E-state index in [1.165, 1.54) is 6.07 Å². The number of ether oxygens (including phenoxy) is 1. The first-order valence-electron chi connectivity index (χ1n) is 8.85. The molecule has 6 heteroatoms. The van der Waals surface area contributed by atoms with Crippen molar-refractivity contribution in [2.24, 2.45) is 0 Å². The maximum absolute atomic E-state index is 14.5. The zero-order chi connectivity index (χ0) is 19.5. The Hall–Kier alpha value is -2.89. The van der Waals surface area contributed by atoms with Gasteiger partial charge in [-0.05, 0) is 47.7 Å². The third-order valence-electron chi connectivity index (χ3n) is 4.67. The fourth-order valence-electron chi connectivity index (χ4n) is 3.18. The van der Waals surface area contributed by atoms with E-state index in [1.807, 2.05) is 30.3 Å². The molecule has 4 rings (SSSR count). The number of halogens is 2. The highest BCUT2D eigenvalue weighted by atomic mass is 35.5. The number of anilines is 1. The molecule has 0 bridgehead atoms. The third-order valence-corrected chi connectivity index (χ3v) is 4.92. The van der Waals surface area contributed by atoms with E-state index in [0.29, 0.717) is 16.4 Å². The molecule has 0 aliphatic carbocycles. The van der Waals surface area contributed by atoms with Crippen LogP contribution >= 0.6 is 11.6 Å². The molecule has 2 aromatic carbocycles. The second-order valence-electron chi connectivity index (χ2n) is 6.52. The number of hydrogen-bond donors (Lipinski definition) is 2. The summed E-state index contributed by atoms with van der Waals surface area (Å²) in [5, 5.41) is 14.5. The van der Waals surface area contributed by atoms with Crippen LogP contribution in [0.15, 0.2) is 73.1 Å². The summed E-state index contributed by atoms with van der Waals surface area (Å²) >= 11 is 5.86. The van der Waals surface area contributed by atoms with Gasteiger partial charge in [-0.15, -0.1) is 0 Å². The number of aromatic nitrogens is 1. The molecule has 1 aromatic heterocycles. The highest BCUT2D eigenvalue weighted by molar-refractivity contribution is 6.30. The molecule has 4 nitrogen and oxygen atoms in total. The molecule has 0 radical (unpaired) electrons. The summed E-state index contributed by atoms with van der Waals surface area (Å²) in [5.74, 6) is -0.00807. The largest absolute Gasteiger partial charge is 0.486 e. The predicted molar refractivity (Wildman–Crippen MR) is 107 cm³/mol. The number of pyridine rings is 1. The van der Waals surface area contributed by atoms with Gasteiger partial charge in [0.25, 0.3) is 0 Å². The molecule has 1 aliphatic heterocycles. The maximum Gasteiger partial charge on any atom is 0.165 e. The highest BCUT2D eigenvalue weighted by Crippen LogP contribution is 2.38. The summed E-state index contributed by atoms with van der Waals surface area (Å²) < 4.78 is 20.1. The normalized spacial score (nSPS) is 16.2. The Bertz CT molecular complexity index is 1010. The Morgan fingerprint density at radius 1 is 1.18 bits per heavy atom. The Balaban J connectivity index is 1.50. The fourth-order valence-corrected chi connectivity index (χ4v) is 3.31. The van der Waals surface area contributed by atoms with Gasteiger partial charge in [0.05, 0.1) is 6.10 Å². The van der Waals surface area contributed by atoms with Crippen molar-refractivity contribution < 1.29 is 14.2 Å². The van der Waals surface area contributed by atoms with E-state index in [0.717, 1.165) is 11.1 Å². The van der Waals surface area contributed by atoms with Crippen molar-refractivity contribution in [1.29, 1.82) is 0 Å². The second kappa shape index (κ2) is 8.00. The summed E-state index contributed by atoms with van der Waals surface area (Å²) in [4.78, 5) is 4.26. The van der Waals surface area contributed by atoms with Crippen LogP contribution < -0.4 is 10.1 Å². The number of benzene rings is 2. The van der Waals surface area contributed by atoms with Crippen LogP contribution in [0.2, 0.25) is 5.02 Å². The summed E-state index contributed by atoms with van der Waals surface area (Å²) in [7, 11) is 0. The first kappa shape index (κ1) is 18.5. The summed E-state index contributed by atoms with van der Waals surface area (Å²) in [6, 6.07) is 15.4. The molecule has 1 aliphatic rings. The molecule has 0 spiro atoms. The third kappa shape index (κ3) is 3.86. The molecular weight excluding hydrogens is 379 g/mol. The van der Waals surface area contributed by atoms with Gasteiger partial charge in [0.15, 0.2) is 11.6 Å². The summed E-state index contributed by atoms with van der Waals surface area (Å²) in [5.41, 5.74) is 2.22. The number of hydrogen-bond acceptors (Lipinski definition) is 4. The van der Waals surface area contributed by atoms with Gasteiger partial charge in [0.1, 0.15) is 12.4 Å². The van der Waals surface area contributed by atoms with E-state index in [9.17, 15) is 9.50 Å². The van der Waals surface area contributed by atoms with Gasteiger partial charge in [0, 0.05) is 22.7 Å². The Morgan fingerprint density at radius 3 is 2.79 bits per heavy atom. The van der Waals surface area contributed by atoms with Crippen molar-refractivity contribution >= 4 is 17.4 Å². The minimum Gasteiger partial charge on any atom is -0.486 e. The topological polar surface area (TPSA) is 54.4 Å². The lowest BCUT2D eigenvalue weighted by Crippen LogP contribution is -2.15. The average molecular weight is 397 g/mol. The van der Waals surface area contributed by atoms with Crippen LogP contribution in [0, 0.1) is 5.82 Å². The van der Waals surface area contributed by atoms with Crippen molar-refractivity contribution in [3.63, 3.8) is 0 Å². The van der Waals surface area contributed by atoms with Crippen molar-refractivity contribution in [3.8, 4) is 5.75 Å². The van der Waals surface area contributed by atoms with Crippen LogP contribution in [0.25, 0.3) is 0 Å². The Morgan fingerprint density at radius 2 is 2.00 bits per heavy atom. The van der Waals surface area contributed by atoms with Gasteiger partial charge in [-0.2, -0.15) is 0 Å². The van der Waals surface area contributed by atoms with Crippen LogP contribution in [0.3, 0.4) is 0 Å². The average Bonchev–Trinajstić information content (AvgIpc) is 2.73. The molecule has 142 valence electrons. The molecule has 0 amide bonds. The van der Waals surface area contributed by atoms with Crippen LogP contribution in [0.5, 0.6) is 5.75 Å². The lowest BCUT2D eigenvalue weighted by molar-refractivity contribution is 0.160. The first-order chi connectivity index (χ1) is 13.6. The van der Waals surface area contributed by atoms with Crippen molar-refractivity contribution in [2.75, 3.05) is 5.32 Å². The van der Waals surface area contributed by atoms with E-state index in [-0.39, 0.29) is 18.3 Å². The van der Waals surface area contributed by atoms with Gasteiger partial charge in [0.2, 0.25) is 0 Å². The Kier molecular flexibility index (Phi) is 5.28. The van der Waals surface area contributed by atoms with Crippen LogP contribution in [-0.4, -0.2) is 10.1 Å². The smallest absolute Gasteiger partial charge is 0.165 e. The number of aliphatic hydroxyl groups excluding tert-OH is 1. The van der Waals surface area contributed by atoms with Gasteiger partial charge in [-0.25, -0.2) is 9.37 Å². The number of nitrogens with zero attached hydrogens (tertiary/aromatic N) is 1. The van der Waals surface area contributed by atoms with Gasteiger partial charge < -0.3 is 15.2 Å². The van der Waals surface area contributed by atoms with E-state index < -0.39 is 11.9 Å². The van der Waals surface area contributed by atoms with E-state index in [2.05, 4.69) is 10.3 Å². The standard InChI is InChI=1S/C22H18ClFN2O2/c23-16-6-3-14(4-7-16)13-28-20-8-5-15(12-19(20)24)21(27)17-9-11-26-22-18(17)2-1-10-25-22/h1-12,17,21,27H,13H2,(H,25,26). The first-order valence-corrected chi connectivity index (χ1v) is 9.22. The van der Waals surface area contributed by atoms with E-state index in [1.54, 1.807) is 36.7 Å². The molecule has 0 saturated heterocycles. The van der Waals surface area contributed by atoms with E-state index in [4.69, 9.17) is 16.3 Å². The van der Waals surface area contributed by atoms with Gasteiger partial charge >= 0.3 is 0 Å². The number of fused-ring (bicyclic) bond motifs is 1. The van der Waals surface area contributed by atoms with Crippen molar-refractivity contribution in [1.82, 2.24) is 4.98 Å². The minimum atomic E-state index is -0.902. The van der Waals surface area contributed by atoms with Crippen LogP contribution in [0.1, 0.15) is 28.7 Å². The summed E-state index contributed by atoms with van der Waals surface area (Å²) in [6.45, 7) is 0.228. The highest BCUT2D eigenvalue weighted by Gasteiger charge is 2.26. The SMILES string of the molecule is OC(c1ccc(OCc2ccc(Cl)cc2)c(F)c1)C1C=CNc2ncccc21. The van der Waals surface area contributed by atoms with Gasteiger partial charge in [-0.3, -0.25) is 0 Å². The van der Waals surface area contributed by atoms with Crippen molar-refractivity contribution in [3.05, 3.63) is 101 Å². The number of nitrogens with one attached hydrogen (secondary N) is 1. The van der Waals surface area contributed by atoms with Gasteiger partial charge in [-0.1, -0.05) is 41.9 Å².